The summed E-state index contributed by atoms with van der Waals surface area (Å²) in [6.07, 6.45) is 4.56. The van der Waals surface area contributed by atoms with Crippen LogP contribution in [0.3, 0.4) is 0 Å². The molecule has 0 amide bonds. The molecule has 1 aliphatic rings. The Labute approximate surface area is 124 Å². The number of nitriles is 1. The van der Waals surface area contributed by atoms with E-state index < -0.39 is 0 Å². The summed E-state index contributed by atoms with van der Waals surface area (Å²) in [6.45, 7) is 7.67. The predicted molar refractivity (Wildman–Crippen MR) is 81.2 cm³/mol. The molecule has 21 heavy (non-hydrogen) atoms. The molecule has 1 atom stereocenters. The van der Waals surface area contributed by atoms with Gasteiger partial charge in [-0.25, -0.2) is 9.50 Å². The molecular weight excluding hydrogens is 264 g/mol. The van der Waals surface area contributed by atoms with Gasteiger partial charge in [0, 0.05) is 38.6 Å². The highest BCUT2D eigenvalue weighted by Crippen LogP contribution is 2.21. The second kappa shape index (κ2) is 5.70. The zero-order chi connectivity index (χ0) is 14.8. The molecule has 2 aromatic heterocycles. The molecule has 6 heteroatoms. The van der Waals surface area contributed by atoms with E-state index in [0.29, 0.717) is 0 Å². The Morgan fingerprint density at radius 3 is 2.76 bits per heavy atom. The Hall–Kier alpha value is -2.13. The SMILES string of the molecule is CCC(C#N)N1CCN(c2nccn3nc(C)cc23)CC1. The van der Waals surface area contributed by atoms with Crippen LogP contribution in [0.1, 0.15) is 19.0 Å². The minimum absolute atomic E-state index is 0.0353. The smallest absolute Gasteiger partial charge is 0.154 e. The number of anilines is 1. The van der Waals surface area contributed by atoms with E-state index in [-0.39, 0.29) is 6.04 Å². The molecule has 1 saturated heterocycles. The van der Waals surface area contributed by atoms with Gasteiger partial charge in [-0.05, 0) is 19.4 Å². The molecule has 110 valence electrons. The lowest BCUT2D eigenvalue weighted by molar-refractivity contribution is 0.216. The van der Waals surface area contributed by atoms with Gasteiger partial charge in [-0.3, -0.25) is 4.90 Å². The molecule has 1 aliphatic heterocycles. The number of aryl methyl sites for hydroxylation is 1. The lowest BCUT2D eigenvalue weighted by atomic mass is 10.2. The first-order valence-corrected chi connectivity index (χ1v) is 7.42. The number of rotatable bonds is 3. The van der Waals surface area contributed by atoms with Crippen molar-refractivity contribution >= 4 is 11.3 Å². The fourth-order valence-corrected chi connectivity index (χ4v) is 2.95. The Morgan fingerprint density at radius 1 is 1.33 bits per heavy atom. The zero-order valence-corrected chi connectivity index (χ0v) is 12.5. The summed E-state index contributed by atoms with van der Waals surface area (Å²) >= 11 is 0. The minimum Gasteiger partial charge on any atom is -0.352 e. The highest BCUT2D eigenvalue weighted by Gasteiger charge is 2.24. The molecule has 0 spiro atoms. The van der Waals surface area contributed by atoms with Gasteiger partial charge < -0.3 is 4.90 Å². The van der Waals surface area contributed by atoms with Crippen LogP contribution in [0.2, 0.25) is 0 Å². The van der Waals surface area contributed by atoms with Gasteiger partial charge in [0.15, 0.2) is 5.82 Å². The van der Waals surface area contributed by atoms with Crippen molar-refractivity contribution < 1.29 is 0 Å². The van der Waals surface area contributed by atoms with E-state index in [9.17, 15) is 5.26 Å². The van der Waals surface area contributed by atoms with E-state index >= 15 is 0 Å². The summed E-state index contributed by atoms with van der Waals surface area (Å²) in [6, 6.07) is 4.49. The second-order valence-electron chi connectivity index (χ2n) is 5.44. The first-order chi connectivity index (χ1) is 10.2. The van der Waals surface area contributed by atoms with Crippen LogP contribution >= 0.6 is 0 Å². The van der Waals surface area contributed by atoms with Crippen LogP contribution in [0.5, 0.6) is 0 Å². The molecular formula is C15H20N6. The van der Waals surface area contributed by atoms with E-state index in [4.69, 9.17) is 0 Å². The topological polar surface area (TPSA) is 60.5 Å². The molecule has 0 bridgehead atoms. The molecule has 0 N–H and O–H groups in total. The third-order valence-corrected chi connectivity index (χ3v) is 4.08. The molecule has 0 radical (unpaired) electrons. The van der Waals surface area contributed by atoms with Gasteiger partial charge >= 0.3 is 0 Å². The molecule has 0 aromatic carbocycles. The Bertz CT molecular complexity index is 662. The maximum atomic E-state index is 9.18. The standard InChI is InChI=1S/C15H20N6/c1-3-13(11-16)19-6-8-20(9-7-19)15-14-10-12(2)18-21(14)5-4-17-15/h4-5,10,13H,3,6-9H2,1-2H3. The highest BCUT2D eigenvalue weighted by molar-refractivity contribution is 5.69. The number of hydrogen-bond donors (Lipinski definition) is 0. The number of hydrogen-bond acceptors (Lipinski definition) is 5. The average Bonchev–Trinajstić information content (AvgIpc) is 2.89. The summed E-state index contributed by atoms with van der Waals surface area (Å²) < 4.78 is 1.88. The van der Waals surface area contributed by atoms with Crippen LogP contribution in [0.15, 0.2) is 18.5 Å². The predicted octanol–water partition coefficient (Wildman–Crippen LogP) is 1.46. The first-order valence-electron chi connectivity index (χ1n) is 7.42. The number of fused-ring (bicyclic) bond motifs is 1. The van der Waals surface area contributed by atoms with Crippen molar-refractivity contribution in [1.29, 1.82) is 5.26 Å². The average molecular weight is 284 g/mol. The minimum atomic E-state index is 0.0353. The Morgan fingerprint density at radius 2 is 2.10 bits per heavy atom. The zero-order valence-electron chi connectivity index (χ0n) is 12.5. The van der Waals surface area contributed by atoms with Gasteiger partial charge in [0.25, 0.3) is 0 Å². The summed E-state index contributed by atoms with van der Waals surface area (Å²) in [5.41, 5.74) is 2.05. The van der Waals surface area contributed by atoms with Gasteiger partial charge in [0.1, 0.15) is 5.52 Å². The fourth-order valence-electron chi connectivity index (χ4n) is 2.95. The van der Waals surface area contributed by atoms with Crippen LogP contribution in [0, 0.1) is 18.3 Å². The van der Waals surface area contributed by atoms with Crippen molar-refractivity contribution in [2.45, 2.75) is 26.3 Å². The quantitative estimate of drug-likeness (QED) is 0.854. The maximum Gasteiger partial charge on any atom is 0.154 e. The molecule has 3 heterocycles. The van der Waals surface area contributed by atoms with Crippen LogP contribution in [0.4, 0.5) is 5.82 Å². The van der Waals surface area contributed by atoms with Gasteiger partial charge in [-0.1, -0.05) is 6.92 Å². The summed E-state index contributed by atoms with van der Waals surface area (Å²) in [5, 5.41) is 13.6. The van der Waals surface area contributed by atoms with E-state index in [1.54, 1.807) is 6.20 Å². The van der Waals surface area contributed by atoms with Crippen LogP contribution in [-0.2, 0) is 0 Å². The van der Waals surface area contributed by atoms with Crippen LogP contribution < -0.4 is 4.90 Å². The Kier molecular flexibility index (Phi) is 3.76. The number of piperazine rings is 1. The van der Waals surface area contributed by atoms with Gasteiger partial charge in [0.05, 0.1) is 17.8 Å². The van der Waals surface area contributed by atoms with Crippen molar-refractivity contribution in [3.05, 3.63) is 24.2 Å². The van der Waals surface area contributed by atoms with Crippen molar-refractivity contribution in [3.63, 3.8) is 0 Å². The van der Waals surface area contributed by atoms with Crippen LogP contribution in [0.25, 0.3) is 5.52 Å². The van der Waals surface area contributed by atoms with Crippen molar-refractivity contribution in [1.82, 2.24) is 19.5 Å². The molecule has 1 unspecified atom stereocenters. The summed E-state index contributed by atoms with van der Waals surface area (Å²) in [4.78, 5) is 9.09. The van der Waals surface area contributed by atoms with E-state index in [1.165, 1.54) is 0 Å². The fraction of sp³-hybridized carbons (Fsp3) is 0.533. The van der Waals surface area contributed by atoms with Gasteiger partial charge in [-0.15, -0.1) is 0 Å². The third-order valence-electron chi connectivity index (χ3n) is 4.08. The van der Waals surface area contributed by atoms with Gasteiger partial charge in [-0.2, -0.15) is 10.4 Å². The van der Waals surface area contributed by atoms with Gasteiger partial charge in [0.2, 0.25) is 0 Å². The van der Waals surface area contributed by atoms with Crippen molar-refractivity contribution in [2.75, 3.05) is 31.1 Å². The highest BCUT2D eigenvalue weighted by atomic mass is 15.3. The number of aromatic nitrogens is 3. The molecule has 0 aliphatic carbocycles. The molecule has 1 fully saturated rings. The normalized spacial score (nSPS) is 17.9. The monoisotopic (exact) mass is 284 g/mol. The van der Waals surface area contributed by atoms with Crippen molar-refractivity contribution in [3.8, 4) is 6.07 Å². The van der Waals surface area contributed by atoms with E-state index in [1.807, 2.05) is 17.6 Å². The first kappa shape index (κ1) is 13.8. The van der Waals surface area contributed by atoms with E-state index in [2.05, 4.69) is 38.9 Å². The van der Waals surface area contributed by atoms with Crippen molar-refractivity contribution in [2.24, 2.45) is 0 Å². The summed E-state index contributed by atoms with van der Waals surface area (Å²) in [5.74, 6) is 0.989. The van der Waals surface area contributed by atoms with E-state index in [0.717, 1.165) is 49.6 Å². The largest absolute Gasteiger partial charge is 0.352 e. The third kappa shape index (κ3) is 2.57. The maximum absolute atomic E-state index is 9.18. The number of nitrogens with zero attached hydrogens (tertiary/aromatic N) is 6. The molecule has 2 aromatic rings. The van der Waals surface area contributed by atoms with Crippen LogP contribution in [-0.4, -0.2) is 51.7 Å². The summed E-state index contributed by atoms with van der Waals surface area (Å²) in [7, 11) is 0. The molecule has 0 saturated carbocycles. The molecule has 6 nitrogen and oxygen atoms in total. The second-order valence-corrected chi connectivity index (χ2v) is 5.44. The lowest BCUT2D eigenvalue weighted by Gasteiger charge is -2.37. The lowest BCUT2D eigenvalue weighted by Crippen LogP contribution is -2.50. The molecule has 3 rings (SSSR count). The Balaban J connectivity index is 1.78.